The van der Waals surface area contributed by atoms with Crippen molar-refractivity contribution in [2.24, 2.45) is 5.92 Å². The molecule has 1 aliphatic rings. The maximum absolute atomic E-state index is 12.2. The number of aromatic nitrogens is 1. The normalized spacial score (nSPS) is 15.7. The van der Waals surface area contributed by atoms with Crippen LogP contribution in [0.4, 0.5) is 0 Å². The largest absolute Gasteiger partial charge is 0.493 e. The van der Waals surface area contributed by atoms with Gasteiger partial charge >= 0.3 is 0 Å². The first kappa shape index (κ1) is 23.0. The van der Waals surface area contributed by atoms with Crippen LogP contribution in [0.1, 0.15) is 31.7 Å². The van der Waals surface area contributed by atoms with Crippen LogP contribution in [-0.2, 0) is 4.79 Å². The zero-order chi connectivity index (χ0) is 23.4. The number of methoxy groups -OCH3 is 2. The van der Waals surface area contributed by atoms with Gasteiger partial charge in [-0.3, -0.25) is 4.79 Å². The van der Waals surface area contributed by atoms with Gasteiger partial charge in [0.25, 0.3) is 5.91 Å². The second kappa shape index (κ2) is 10.2. The van der Waals surface area contributed by atoms with Crippen LogP contribution < -0.4 is 24.8 Å². The van der Waals surface area contributed by atoms with Crippen LogP contribution in [0.2, 0.25) is 0 Å². The van der Waals surface area contributed by atoms with Crippen molar-refractivity contribution in [3.05, 3.63) is 42.0 Å². The first-order valence-electron chi connectivity index (χ1n) is 11.5. The van der Waals surface area contributed by atoms with E-state index in [-0.39, 0.29) is 18.4 Å². The van der Waals surface area contributed by atoms with Crippen molar-refractivity contribution in [1.29, 1.82) is 0 Å². The Morgan fingerprint density at radius 2 is 1.94 bits per heavy atom. The third-order valence-corrected chi connectivity index (χ3v) is 6.18. The molecule has 3 aromatic rings. The van der Waals surface area contributed by atoms with Crippen LogP contribution in [0.5, 0.6) is 17.2 Å². The zero-order valence-corrected chi connectivity index (χ0v) is 19.8. The molecule has 176 valence electrons. The quantitative estimate of drug-likeness (QED) is 0.457. The molecule has 4 rings (SSSR count). The number of hydrogen-bond donors (Lipinski definition) is 3. The summed E-state index contributed by atoms with van der Waals surface area (Å²) in [4.78, 5) is 15.8. The average Bonchev–Trinajstić information content (AvgIpc) is 3.48. The molecule has 1 atom stereocenters. The molecule has 0 saturated carbocycles. The summed E-state index contributed by atoms with van der Waals surface area (Å²) in [6, 6.07) is 11.8. The molecule has 1 aromatic heterocycles. The van der Waals surface area contributed by atoms with Crippen molar-refractivity contribution >= 4 is 16.8 Å². The third kappa shape index (κ3) is 5.09. The Balaban J connectivity index is 1.55. The molecular weight excluding hydrogens is 418 g/mol. The van der Waals surface area contributed by atoms with Gasteiger partial charge in [0.05, 0.1) is 19.9 Å². The van der Waals surface area contributed by atoms with E-state index in [1.54, 1.807) is 14.2 Å². The second-order valence-electron chi connectivity index (χ2n) is 8.80. The summed E-state index contributed by atoms with van der Waals surface area (Å²) in [5.74, 6) is 2.76. The SMILES string of the molecule is COc1ccc(-c2[nH]c3ccc(OCC(=O)NCC4CCNC4)cc3c2C(C)C)cc1OC. The van der Waals surface area contributed by atoms with Gasteiger partial charge in [0.1, 0.15) is 5.75 Å². The molecule has 1 saturated heterocycles. The minimum absolute atomic E-state index is 0.00955. The molecule has 0 radical (unpaired) electrons. The van der Waals surface area contributed by atoms with Gasteiger partial charge in [0.15, 0.2) is 18.1 Å². The van der Waals surface area contributed by atoms with Crippen molar-refractivity contribution < 1.29 is 19.0 Å². The Kier molecular flexibility index (Phi) is 7.08. The van der Waals surface area contributed by atoms with E-state index in [9.17, 15) is 4.79 Å². The molecule has 1 fully saturated rings. The molecule has 0 bridgehead atoms. The van der Waals surface area contributed by atoms with Crippen LogP contribution in [0.25, 0.3) is 22.2 Å². The molecule has 2 heterocycles. The Morgan fingerprint density at radius 1 is 1.12 bits per heavy atom. The zero-order valence-electron chi connectivity index (χ0n) is 19.8. The summed E-state index contributed by atoms with van der Waals surface area (Å²) in [5.41, 5.74) is 4.28. The van der Waals surface area contributed by atoms with Crippen molar-refractivity contribution in [2.75, 3.05) is 40.5 Å². The minimum atomic E-state index is -0.0915. The van der Waals surface area contributed by atoms with E-state index in [1.807, 2.05) is 36.4 Å². The molecule has 1 unspecified atom stereocenters. The van der Waals surface area contributed by atoms with Gasteiger partial charge in [-0.1, -0.05) is 13.8 Å². The first-order chi connectivity index (χ1) is 16.0. The highest BCUT2D eigenvalue weighted by Gasteiger charge is 2.19. The molecule has 3 N–H and O–H groups in total. The number of nitrogens with one attached hydrogen (secondary N) is 3. The number of carbonyl (C=O) groups is 1. The summed E-state index contributed by atoms with van der Waals surface area (Å²) in [6.07, 6.45) is 1.10. The lowest BCUT2D eigenvalue weighted by Gasteiger charge is -2.12. The van der Waals surface area contributed by atoms with Crippen LogP contribution >= 0.6 is 0 Å². The van der Waals surface area contributed by atoms with Gasteiger partial charge < -0.3 is 29.8 Å². The summed E-state index contributed by atoms with van der Waals surface area (Å²) < 4.78 is 16.7. The van der Waals surface area contributed by atoms with Gasteiger partial charge in [0, 0.05) is 23.0 Å². The predicted molar refractivity (Wildman–Crippen MR) is 130 cm³/mol. The Morgan fingerprint density at radius 3 is 2.64 bits per heavy atom. The van der Waals surface area contributed by atoms with Crippen LogP contribution in [0.3, 0.4) is 0 Å². The third-order valence-electron chi connectivity index (χ3n) is 6.18. The fourth-order valence-electron chi connectivity index (χ4n) is 4.45. The van der Waals surface area contributed by atoms with E-state index in [0.29, 0.717) is 29.7 Å². The second-order valence-corrected chi connectivity index (χ2v) is 8.80. The molecule has 33 heavy (non-hydrogen) atoms. The van der Waals surface area contributed by atoms with Crippen LogP contribution in [0, 0.1) is 5.92 Å². The highest BCUT2D eigenvalue weighted by Crippen LogP contribution is 2.39. The number of benzene rings is 2. The molecule has 0 aliphatic carbocycles. The number of ether oxygens (including phenoxy) is 3. The van der Waals surface area contributed by atoms with Gasteiger partial charge in [-0.25, -0.2) is 0 Å². The van der Waals surface area contributed by atoms with E-state index in [2.05, 4.69) is 29.5 Å². The van der Waals surface area contributed by atoms with Crippen molar-refractivity contribution in [3.8, 4) is 28.5 Å². The monoisotopic (exact) mass is 451 g/mol. The van der Waals surface area contributed by atoms with E-state index >= 15 is 0 Å². The van der Waals surface area contributed by atoms with Gasteiger partial charge in [-0.15, -0.1) is 0 Å². The summed E-state index contributed by atoms with van der Waals surface area (Å²) in [6.45, 7) is 7.04. The lowest BCUT2D eigenvalue weighted by molar-refractivity contribution is -0.123. The smallest absolute Gasteiger partial charge is 0.257 e. The summed E-state index contributed by atoms with van der Waals surface area (Å²) in [5, 5.41) is 7.38. The van der Waals surface area contributed by atoms with E-state index in [4.69, 9.17) is 14.2 Å². The maximum atomic E-state index is 12.2. The maximum Gasteiger partial charge on any atom is 0.257 e. The Labute approximate surface area is 194 Å². The number of aromatic amines is 1. The van der Waals surface area contributed by atoms with Crippen LogP contribution in [0.15, 0.2) is 36.4 Å². The van der Waals surface area contributed by atoms with Crippen molar-refractivity contribution in [1.82, 2.24) is 15.6 Å². The number of hydrogen-bond acceptors (Lipinski definition) is 5. The number of fused-ring (bicyclic) bond motifs is 1. The van der Waals surface area contributed by atoms with Crippen molar-refractivity contribution in [2.45, 2.75) is 26.2 Å². The number of H-pyrrole nitrogens is 1. The highest BCUT2D eigenvalue weighted by atomic mass is 16.5. The highest BCUT2D eigenvalue weighted by molar-refractivity contribution is 5.92. The fourth-order valence-corrected chi connectivity index (χ4v) is 4.45. The minimum Gasteiger partial charge on any atom is -0.493 e. The van der Waals surface area contributed by atoms with Gasteiger partial charge in [-0.05, 0) is 73.3 Å². The molecular formula is C26H33N3O4. The number of amides is 1. The topological polar surface area (TPSA) is 84.6 Å². The molecule has 0 spiro atoms. The van der Waals surface area contributed by atoms with Crippen LogP contribution in [-0.4, -0.2) is 51.4 Å². The Bertz CT molecular complexity index is 1120. The number of carbonyl (C=O) groups excluding carboxylic acids is 1. The van der Waals surface area contributed by atoms with Gasteiger partial charge in [0.2, 0.25) is 0 Å². The molecule has 7 nitrogen and oxygen atoms in total. The predicted octanol–water partition coefficient (Wildman–Crippen LogP) is 4.08. The standard InChI is InChI=1S/C26H33N3O4/c1-16(2)25-20-12-19(33-15-24(30)28-14-17-9-10-27-13-17)6-7-21(20)29-26(25)18-5-8-22(31-3)23(11-18)32-4/h5-8,11-12,16-17,27,29H,9-10,13-15H2,1-4H3,(H,28,30). The number of rotatable bonds is 9. The molecule has 2 aromatic carbocycles. The fraction of sp³-hybridized carbons (Fsp3) is 0.423. The van der Waals surface area contributed by atoms with E-state index in [1.165, 1.54) is 5.56 Å². The summed E-state index contributed by atoms with van der Waals surface area (Å²) in [7, 11) is 3.27. The average molecular weight is 452 g/mol. The van der Waals surface area contributed by atoms with Gasteiger partial charge in [-0.2, -0.15) is 0 Å². The van der Waals surface area contributed by atoms with E-state index < -0.39 is 0 Å². The molecule has 1 amide bonds. The van der Waals surface area contributed by atoms with Crippen molar-refractivity contribution in [3.63, 3.8) is 0 Å². The molecule has 7 heteroatoms. The lowest BCUT2D eigenvalue weighted by Crippen LogP contribution is -2.33. The Hall–Kier alpha value is -3.19. The van der Waals surface area contributed by atoms with E-state index in [0.717, 1.165) is 41.7 Å². The molecule has 1 aliphatic heterocycles. The first-order valence-corrected chi connectivity index (χ1v) is 11.5. The summed E-state index contributed by atoms with van der Waals surface area (Å²) >= 11 is 0. The lowest BCUT2D eigenvalue weighted by atomic mass is 9.96.